The van der Waals surface area contributed by atoms with E-state index in [1.807, 2.05) is 6.07 Å². The van der Waals surface area contributed by atoms with Crippen LogP contribution in [0.1, 0.15) is 12.8 Å². The second-order valence-corrected chi connectivity index (χ2v) is 9.67. The predicted octanol–water partition coefficient (Wildman–Crippen LogP) is 5.96. The fourth-order valence-electron chi connectivity index (χ4n) is 3.34. The minimum atomic E-state index is -3.55. The van der Waals surface area contributed by atoms with Crippen molar-refractivity contribution in [2.24, 2.45) is 0 Å². The standard InChI is InChI=1S/C24H17ClFN3O3S/c25-21-8-4-7-19-23(28-15-29-24(19)21)20-14-17(9-10-22(20)26)32-16-5-3-6-18(13-16)33(30,31)12-2-1-11-27/h3-10,13-15H,1-2,12H2. The molecule has 0 amide bonds. The van der Waals surface area contributed by atoms with Gasteiger partial charge in [-0.3, -0.25) is 0 Å². The Balaban J connectivity index is 1.67. The molecule has 4 aromatic rings. The lowest BCUT2D eigenvalue weighted by Gasteiger charge is -2.11. The highest BCUT2D eigenvalue weighted by Gasteiger charge is 2.17. The number of ether oxygens (including phenoxy) is 1. The van der Waals surface area contributed by atoms with Crippen LogP contribution in [-0.2, 0) is 9.84 Å². The van der Waals surface area contributed by atoms with Gasteiger partial charge in [-0.15, -0.1) is 0 Å². The molecule has 0 fully saturated rings. The lowest BCUT2D eigenvalue weighted by molar-refractivity contribution is 0.479. The molecule has 0 unspecified atom stereocenters. The summed E-state index contributed by atoms with van der Waals surface area (Å²) in [5, 5.41) is 9.65. The number of benzene rings is 3. The number of unbranched alkanes of at least 4 members (excludes halogenated alkanes) is 1. The molecule has 0 bridgehead atoms. The lowest BCUT2D eigenvalue weighted by Crippen LogP contribution is -2.06. The predicted molar refractivity (Wildman–Crippen MR) is 123 cm³/mol. The SMILES string of the molecule is N#CCCCS(=O)(=O)c1cccc(Oc2ccc(F)c(-c3ncnc4c(Cl)cccc34)c2)c1. The molecule has 0 radical (unpaired) electrons. The molecular weight excluding hydrogens is 465 g/mol. The van der Waals surface area contributed by atoms with E-state index in [1.54, 1.807) is 30.3 Å². The molecule has 6 nitrogen and oxygen atoms in total. The minimum Gasteiger partial charge on any atom is -0.457 e. The van der Waals surface area contributed by atoms with Crippen LogP contribution in [0.5, 0.6) is 11.5 Å². The normalized spacial score (nSPS) is 11.3. The van der Waals surface area contributed by atoms with Crippen molar-refractivity contribution in [1.29, 1.82) is 5.26 Å². The molecule has 0 aliphatic rings. The van der Waals surface area contributed by atoms with Gasteiger partial charge in [-0.2, -0.15) is 5.26 Å². The van der Waals surface area contributed by atoms with Gasteiger partial charge < -0.3 is 4.74 Å². The van der Waals surface area contributed by atoms with Crippen molar-refractivity contribution < 1.29 is 17.5 Å². The van der Waals surface area contributed by atoms with E-state index in [0.29, 0.717) is 27.4 Å². The number of hydrogen-bond acceptors (Lipinski definition) is 6. The molecule has 1 heterocycles. The zero-order chi connectivity index (χ0) is 23.4. The first-order valence-electron chi connectivity index (χ1n) is 9.96. The zero-order valence-corrected chi connectivity index (χ0v) is 18.8. The Kier molecular flexibility index (Phi) is 6.54. The quantitative estimate of drug-likeness (QED) is 0.302. The van der Waals surface area contributed by atoms with Crippen molar-refractivity contribution in [3.63, 3.8) is 0 Å². The van der Waals surface area contributed by atoms with Crippen molar-refractivity contribution >= 4 is 32.3 Å². The van der Waals surface area contributed by atoms with Gasteiger partial charge in [0.15, 0.2) is 9.84 Å². The number of nitrogens with zero attached hydrogens (tertiary/aromatic N) is 3. The number of aromatic nitrogens is 2. The summed E-state index contributed by atoms with van der Waals surface area (Å²) in [6, 6.07) is 17.4. The maximum absolute atomic E-state index is 14.7. The van der Waals surface area contributed by atoms with Crippen molar-refractivity contribution in [2.75, 3.05) is 5.75 Å². The van der Waals surface area contributed by atoms with Crippen molar-refractivity contribution in [2.45, 2.75) is 17.7 Å². The topological polar surface area (TPSA) is 92.9 Å². The van der Waals surface area contributed by atoms with Crippen LogP contribution in [-0.4, -0.2) is 24.1 Å². The molecule has 0 saturated heterocycles. The Morgan fingerprint density at radius 3 is 2.64 bits per heavy atom. The molecule has 0 aliphatic carbocycles. The van der Waals surface area contributed by atoms with E-state index in [2.05, 4.69) is 9.97 Å². The molecule has 0 spiro atoms. The Bertz CT molecular complexity index is 1490. The van der Waals surface area contributed by atoms with E-state index < -0.39 is 15.7 Å². The second kappa shape index (κ2) is 9.53. The maximum atomic E-state index is 14.7. The van der Waals surface area contributed by atoms with Crippen molar-refractivity contribution in [1.82, 2.24) is 9.97 Å². The molecule has 0 aliphatic heterocycles. The van der Waals surface area contributed by atoms with Crippen LogP contribution in [0.25, 0.3) is 22.2 Å². The highest BCUT2D eigenvalue weighted by atomic mass is 35.5. The first-order chi connectivity index (χ1) is 15.9. The maximum Gasteiger partial charge on any atom is 0.178 e. The van der Waals surface area contributed by atoms with Gasteiger partial charge in [-0.25, -0.2) is 22.8 Å². The van der Waals surface area contributed by atoms with E-state index >= 15 is 0 Å². The van der Waals surface area contributed by atoms with E-state index in [9.17, 15) is 12.8 Å². The number of fused-ring (bicyclic) bond motifs is 1. The molecule has 1 aromatic heterocycles. The van der Waals surface area contributed by atoms with E-state index in [0.717, 1.165) is 0 Å². The van der Waals surface area contributed by atoms with Gasteiger partial charge in [0.2, 0.25) is 0 Å². The lowest BCUT2D eigenvalue weighted by atomic mass is 10.1. The highest BCUT2D eigenvalue weighted by molar-refractivity contribution is 7.91. The largest absolute Gasteiger partial charge is 0.457 e. The third-order valence-electron chi connectivity index (χ3n) is 4.91. The summed E-state index contributed by atoms with van der Waals surface area (Å²) in [4.78, 5) is 8.51. The fourth-order valence-corrected chi connectivity index (χ4v) is 4.91. The van der Waals surface area contributed by atoms with Crippen LogP contribution in [0.3, 0.4) is 0 Å². The molecule has 0 N–H and O–H groups in total. The highest BCUT2D eigenvalue weighted by Crippen LogP contribution is 2.34. The van der Waals surface area contributed by atoms with E-state index in [-0.39, 0.29) is 34.8 Å². The van der Waals surface area contributed by atoms with Crippen LogP contribution in [0.4, 0.5) is 4.39 Å². The van der Waals surface area contributed by atoms with Crippen LogP contribution < -0.4 is 4.74 Å². The number of para-hydroxylation sites is 1. The molecule has 0 saturated carbocycles. The van der Waals surface area contributed by atoms with Gasteiger partial charge in [0.1, 0.15) is 23.6 Å². The van der Waals surface area contributed by atoms with E-state index in [4.69, 9.17) is 21.6 Å². The molecule has 9 heteroatoms. The summed E-state index contributed by atoms with van der Waals surface area (Å²) < 4.78 is 45.6. The average molecular weight is 482 g/mol. The van der Waals surface area contributed by atoms with Gasteiger partial charge in [0.05, 0.1) is 33.0 Å². The summed E-state index contributed by atoms with van der Waals surface area (Å²) in [6.45, 7) is 0. The number of halogens is 2. The van der Waals surface area contributed by atoms with Crippen LogP contribution in [0.2, 0.25) is 5.02 Å². The van der Waals surface area contributed by atoms with Gasteiger partial charge in [0.25, 0.3) is 0 Å². The Morgan fingerprint density at radius 1 is 1.03 bits per heavy atom. The Hall–Kier alpha value is -3.54. The van der Waals surface area contributed by atoms with Gasteiger partial charge in [-0.05, 0) is 48.9 Å². The first kappa shape index (κ1) is 22.6. The van der Waals surface area contributed by atoms with Crippen LogP contribution >= 0.6 is 11.6 Å². The number of nitriles is 1. The molecular formula is C24H17ClFN3O3S. The Morgan fingerprint density at radius 2 is 1.82 bits per heavy atom. The Labute approximate surface area is 195 Å². The smallest absolute Gasteiger partial charge is 0.178 e. The van der Waals surface area contributed by atoms with Gasteiger partial charge >= 0.3 is 0 Å². The van der Waals surface area contributed by atoms with E-state index in [1.165, 1.54) is 36.7 Å². The van der Waals surface area contributed by atoms with Crippen molar-refractivity contribution in [3.05, 3.63) is 77.8 Å². The summed E-state index contributed by atoms with van der Waals surface area (Å²) in [5.41, 5.74) is 1.06. The van der Waals surface area contributed by atoms with Gasteiger partial charge in [-0.1, -0.05) is 29.8 Å². The molecule has 3 aromatic carbocycles. The number of rotatable bonds is 7. The second-order valence-electron chi connectivity index (χ2n) is 7.16. The molecule has 4 rings (SSSR count). The third-order valence-corrected chi connectivity index (χ3v) is 7.01. The third kappa shape index (κ3) is 4.95. The number of sulfone groups is 1. The van der Waals surface area contributed by atoms with Crippen LogP contribution in [0.15, 0.2) is 71.9 Å². The average Bonchev–Trinajstić information content (AvgIpc) is 2.81. The summed E-state index contributed by atoms with van der Waals surface area (Å²) in [7, 11) is -3.55. The fraction of sp³-hybridized carbons (Fsp3) is 0.125. The summed E-state index contributed by atoms with van der Waals surface area (Å²) in [6.07, 6.45) is 1.73. The van der Waals surface area contributed by atoms with Crippen molar-refractivity contribution in [3.8, 4) is 28.8 Å². The number of hydrogen-bond donors (Lipinski definition) is 0. The molecule has 166 valence electrons. The first-order valence-corrected chi connectivity index (χ1v) is 12.0. The minimum absolute atomic E-state index is 0.0942. The van der Waals surface area contributed by atoms with Crippen LogP contribution in [0, 0.1) is 17.1 Å². The monoisotopic (exact) mass is 481 g/mol. The molecule has 33 heavy (non-hydrogen) atoms. The summed E-state index contributed by atoms with van der Waals surface area (Å²) in [5.74, 6) is -0.0477. The van der Waals surface area contributed by atoms with Gasteiger partial charge in [0, 0.05) is 17.4 Å². The molecule has 0 atom stereocenters. The zero-order valence-electron chi connectivity index (χ0n) is 17.2. The summed E-state index contributed by atoms with van der Waals surface area (Å²) >= 11 is 6.21.